The molecule has 148 valence electrons. The Bertz CT molecular complexity index is 766. The second-order valence-corrected chi connectivity index (χ2v) is 7.45. The fourth-order valence-corrected chi connectivity index (χ4v) is 3.68. The van der Waals surface area contributed by atoms with E-state index < -0.39 is 0 Å². The first kappa shape index (κ1) is 19.9. The Kier molecular flexibility index (Phi) is 7.06. The number of anilines is 2. The lowest BCUT2D eigenvalue weighted by molar-refractivity contribution is -0.132. The van der Waals surface area contributed by atoms with Crippen LogP contribution in [0.25, 0.3) is 0 Å². The van der Waals surface area contributed by atoms with Crippen LogP contribution < -0.4 is 10.6 Å². The molecule has 5 nitrogen and oxygen atoms in total. The Balaban J connectivity index is 1.36. The van der Waals surface area contributed by atoms with Crippen molar-refractivity contribution in [3.8, 4) is 0 Å². The Morgan fingerprint density at radius 3 is 2.25 bits per heavy atom. The smallest absolute Gasteiger partial charge is 0.224 e. The van der Waals surface area contributed by atoms with E-state index in [9.17, 15) is 9.59 Å². The Labute approximate surface area is 167 Å². The molecule has 2 aromatic rings. The lowest BCUT2D eigenvalue weighted by atomic mass is 9.90. The number of rotatable bonds is 7. The summed E-state index contributed by atoms with van der Waals surface area (Å²) in [7, 11) is 0. The van der Waals surface area contributed by atoms with Gasteiger partial charge in [0.2, 0.25) is 11.8 Å². The molecule has 0 radical (unpaired) electrons. The highest BCUT2D eigenvalue weighted by Gasteiger charge is 2.22. The van der Waals surface area contributed by atoms with E-state index in [4.69, 9.17) is 0 Å². The summed E-state index contributed by atoms with van der Waals surface area (Å²) in [6.45, 7) is 3.83. The maximum atomic E-state index is 12.5. The largest absolute Gasteiger partial charge is 0.385 e. The molecule has 2 amide bonds. The molecule has 28 heavy (non-hydrogen) atoms. The fourth-order valence-electron chi connectivity index (χ4n) is 3.68. The quantitative estimate of drug-likeness (QED) is 0.766. The maximum absolute atomic E-state index is 12.5. The predicted octanol–water partition coefficient (Wildman–Crippen LogP) is 3.93. The zero-order valence-electron chi connectivity index (χ0n) is 16.5. The number of amides is 2. The highest BCUT2D eigenvalue weighted by molar-refractivity contribution is 5.88. The van der Waals surface area contributed by atoms with Gasteiger partial charge in [-0.15, -0.1) is 0 Å². The highest BCUT2D eigenvalue weighted by Crippen LogP contribution is 2.22. The standard InChI is InChI=1S/C23H29N3O2/c1-18(27)25-22-9-7-21(8-10-22)24-14-11-23(28)26-15-12-20(13-16-26)17-19-5-3-2-4-6-19/h2-10,20,24H,11-17H2,1H3,(H,25,27). The number of piperidine rings is 1. The highest BCUT2D eigenvalue weighted by atomic mass is 16.2. The first-order chi connectivity index (χ1) is 13.6. The summed E-state index contributed by atoms with van der Waals surface area (Å²) in [6.07, 6.45) is 3.77. The number of hydrogen-bond donors (Lipinski definition) is 2. The van der Waals surface area contributed by atoms with Crippen LogP contribution in [0.2, 0.25) is 0 Å². The van der Waals surface area contributed by atoms with Crippen LogP contribution in [0, 0.1) is 5.92 Å². The Morgan fingerprint density at radius 2 is 1.61 bits per heavy atom. The first-order valence-corrected chi connectivity index (χ1v) is 10.0. The van der Waals surface area contributed by atoms with Gasteiger partial charge in [0, 0.05) is 44.4 Å². The van der Waals surface area contributed by atoms with E-state index in [2.05, 4.69) is 41.0 Å². The van der Waals surface area contributed by atoms with Crippen LogP contribution in [0.1, 0.15) is 31.7 Å². The average molecular weight is 380 g/mol. The Hall–Kier alpha value is -2.82. The maximum Gasteiger partial charge on any atom is 0.224 e. The summed E-state index contributed by atoms with van der Waals surface area (Å²) < 4.78 is 0. The molecule has 2 N–H and O–H groups in total. The second kappa shape index (κ2) is 9.93. The van der Waals surface area contributed by atoms with Crippen molar-refractivity contribution in [1.29, 1.82) is 0 Å². The molecule has 0 bridgehead atoms. The second-order valence-electron chi connectivity index (χ2n) is 7.45. The molecule has 0 saturated carbocycles. The van der Waals surface area contributed by atoms with Gasteiger partial charge in [-0.1, -0.05) is 30.3 Å². The minimum atomic E-state index is -0.0844. The van der Waals surface area contributed by atoms with Gasteiger partial charge in [0.15, 0.2) is 0 Å². The molecule has 1 aliphatic heterocycles. The van der Waals surface area contributed by atoms with Gasteiger partial charge in [-0.25, -0.2) is 0 Å². The third-order valence-electron chi connectivity index (χ3n) is 5.21. The summed E-state index contributed by atoms with van der Waals surface area (Å²) in [6, 6.07) is 18.1. The van der Waals surface area contributed by atoms with Gasteiger partial charge in [0.05, 0.1) is 0 Å². The minimum absolute atomic E-state index is 0.0844. The van der Waals surface area contributed by atoms with E-state index >= 15 is 0 Å². The number of nitrogens with one attached hydrogen (secondary N) is 2. The summed E-state index contributed by atoms with van der Waals surface area (Å²) >= 11 is 0. The molecule has 1 heterocycles. The van der Waals surface area contributed by atoms with E-state index in [1.54, 1.807) is 0 Å². The summed E-state index contributed by atoms with van der Waals surface area (Å²) in [4.78, 5) is 25.5. The summed E-state index contributed by atoms with van der Waals surface area (Å²) in [5.74, 6) is 0.811. The monoisotopic (exact) mass is 379 g/mol. The lowest BCUT2D eigenvalue weighted by Crippen LogP contribution is -2.39. The topological polar surface area (TPSA) is 61.4 Å². The van der Waals surface area contributed by atoms with Gasteiger partial charge in [0.1, 0.15) is 0 Å². The molecule has 0 spiro atoms. The van der Waals surface area contributed by atoms with Crippen LogP contribution in [-0.2, 0) is 16.0 Å². The van der Waals surface area contributed by atoms with Crippen LogP contribution in [0.3, 0.4) is 0 Å². The molecule has 5 heteroatoms. The van der Waals surface area contributed by atoms with Crippen molar-refractivity contribution >= 4 is 23.2 Å². The first-order valence-electron chi connectivity index (χ1n) is 10.0. The zero-order chi connectivity index (χ0) is 19.8. The van der Waals surface area contributed by atoms with E-state index in [1.807, 2.05) is 29.2 Å². The number of carbonyl (C=O) groups excluding carboxylic acids is 2. The van der Waals surface area contributed by atoms with Crippen LogP contribution in [0.4, 0.5) is 11.4 Å². The van der Waals surface area contributed by atoms with Crippen LogP contribution >= 0.6 is 0 Å². The number of hydrogen-bond acceptors (Lipinski definition) is 3. The average Bonchev–Trinajstić information content (AvgIpc) is 2.70. The summed E-state index contributed by atoms with van der Waals surface area (Å²) in [5.41, 5.74) is 3.11. The predicted molar refractivity (Wildman–Crippen MR) is 113 cm³/mol. The molecular weight excluding hydrogens is 350 g/mol. The van der Waals surface area contributed by atoms with Gasteiger partial charge >= 0.3 is 0 Å². The van der Waals surface area contributed by atoms with Crippen molar-refractivity contribution < 1.29 is 9.59 Å². The van der Waals surface area contributed by atoms with Crippen LogP contribution in [0.5, 0.6) is 0 Å². The molecule has 0 aromatic heterocycles. The van der Waals surface area contributed by atoms with E-state index in [0.717, 1.165) is 43.7 Å². The van der Waals surface area contributed by atoms with E-state index in [1.165, 1.54) is 12.5 Å². The summed E-state index contributed by atoms with van der Waals surface area (Å²) in [5, 5.41) is 6.02. The molecule has 1 fully saturated rings. The van der Waals surface area contributed by atoms with E-state index in [0.29, 0.717) is 18.9 Å². The molecular formula is C23H29N3O2. The fraction of sp³-hybridized carbons (Fsp3) is 0.391. The Morgan fingerprint density at radius 1 is 0.964 bits per heavy atom. The number of carbonyl (C=O) groups is 2. The number of benzene rings is 2. The van der Waals surface area contributed by atoms with Gasteiger partial charge in [-0.3, -0.25) is 9.59 Å². The zero-order valence-corrected chi connectivity index (χ0v) is 16.5. The van der Waals surface area contributed by atoms with Crippen molar-refractivity contribution in [2.24, 2.45) is 5.92 Å². The lowest BCUT2D eigenvalue weighted by Gasteiger charge is -2.32. The third-order valence-corrected chi connectivity index (χ3v) is 5.21. The normalized spacial score (nSPS) is 14.5. The molecule has 3 rings (SSSR count). The molecule has 1 saturated heterocycles. The SMILES string of the molecule is CC(=O)Nc1ccc(NCCC(=O)N2CCC(Cc3ccccc3)CC2)cc1. The molecule has 0 unspecified atom stereocenters. The van der Waals surface area contributed by atoms with Crippen molar-refractivity contribution in [2.75, 3.05) is 30.3 Å². The van der Waals surface area contributed by atoms with Crippen LogP contribution in [-0.4, -0.2) is 36.3 Å². The van der Waals surface area contributed by atoms with Crippen molar-refractivity contribution in [3.63, 3.8) is 0 Å². The molecule has 0 aliphatic carbocycles. The van der Waals surface area contributed by atoms with E-state index in [-0.39, 0.29) is 11.8 Å². The van der Waals surface area contributed by atoms with Crippen molar-refractivity contribution in [3.05, 3.63) is 60.2 Å². The third kappa shape index (κ3) is 6.12. The van der Waals surface area contributed by atoms with Gasteiger partial charge < -0.3 is 15.5 Å². The van der Waals surface area contributed by atoms with Gasteiger partial charge in [-0.2, -0.15) is 0 Å². The molecule has 1 aliphatic rings. The molecule has 2 aromatic carbocycles. The number of likely N-dealkylation sites (tertiary alicyclic amines) is 1. The van der Waals surface area contributed by atoms with Crippen LogP contribution in [0.15, 0.2) is 54.6 Å². The van der Waals surface area contributed by atoms with Gasteiger partial charge in [0.25, 0.3) is 0 Å². The number of nitrogens with zero attached hydrogens (tertiary/aromatic N) is 1. The van der Waals surface area contributed by atoms with Gasteiger partial charge in [-0.05, 0) is 55.0 Å². The molecule has 0 atom stereocenters. The van der Waals surface area contributed by atoms with Crippen molar-refractivity contribution in [1.82, 2.24) is 4.90 Å². The minimum Gasteiger partial charge on any atom is -0.385 e. The van der Waals surface area contributed by atoms with Crippen molar-refractivity contribution in [2.45, 2.75) is 32.6 Å².